The zero-order chi connectivity index (χ0) is 13.0. The van der Waals surface area contributed by atoms with E-state index in [9.17, 15) is 0 Å². The number of halogens is 1. The molecule has 1 fully saturated rings. The molecule has 18 heavy (non-hydrogen) atoms. The highest BCUT2D eigenvalue weighted by atomic mass is 35.5. The molecule has 2 rings (SSSR count). The van der Waals surface area contributed by atoms with Gasteiger partial charge in [-0.05, 0) is 49.4 Å². The normalized spacial score (nSPS) is 22.9. The second-order valence-electron chi connectivity index (χ2n) is 5.60. The largest absolute Gasteiger partial charge is 0.296 e. The quantitative estimate of drug-likeness (QED) is 0.747. The summed E-state index contributed by atoms with van der Waals surface area (Å²) < 4.78 is 0. The standard InChI is InChI=1S/C16H24ClN/c1-3-5-16(14-7-9-15(17)10-8-14)18-11-4-6-13(2)12-18/h7-10,13,16H,3-6,11-12H2,1-2H3. The summed E-state index contributed by atoms with van der Waals surface area (Å²) in [5, 5.41) is 0.834. The molecular formula is C16H24ClN. The van der Waals surface area contributed by atoms with Crippen LogP contribution in [0.1, 0.15) is 51.1 Å². The summed E-state index contributed by atoms with van der Waals surface area (Å²) in [7, 11) is 0. The van der Waals surface area contributed by atoms with Gasteiger partial charge in [-0.15, -0.1) is 0 Å². The highest BCUT2D eigenvalue weighted by molar-refractivity contribution is 6.30. The maximum atomic E-state index is 5.99. The van der Waals surface area contributed by atoms with Crippen LogP contribution in [0.25, 0.3) is 0 Å². The predicted octanol–water partition coefficient (Wildman–Crippen LogP) is 4.91. The van der Waals surface area contributed by atoms with E-state index in [1.807, 2.05) is 12.1 Å². The fourth-order valence-corrected chi connectivity index (χ4v) is 3.15. The molecule has 0 amide bonds. The Labute approximate surface area is 116 Å². The van der Waals surface area contributed by atoms with Gasteiger partial charge < -0.3 is 0 Å². The Morgan fingerprint density at radius 3 is 2.67 bits per heavy atom. The molecule has 2 unspecified atom stereocenters. The molecule has 0 radical (unpaired) electrons. The summed E-state index contributed by atoms with van der Waals surface area (Å²) in [5.74, 6) is 0.838. The van der Waals surface area contributed by atoms with E-state index in [1.54, 1.807) is 0 Å². The molecule has 0 aliphatic carbocycles. The van der Waals surface area contributed by atoms with Crippen molar-refractivity contribution in [3.05, 3.63) is 34.9 Å². The van der Waals surface area contributed by atoms with Gasteiger partial charge in [0.1, 0.15) is 0 Å². The minimum absolute atomic E-state index is 0.579. The molecule has 2 atom stereocenters. The van der Waals surface area contributed by atoms with E-state index in [0.717, 1.165) is 10.9 Å². The van der Waals surface area contributed by atoms with Gasteiger partial charge in [0, 0.05) is 17.6 Å². The smallest absolute Gasteiger partial charge is 0.0406 e. The second-order valence-corrected chi connectivity index (χ2v) is 6.03. The highest BCUT2D eigenvalue weighted by Gasteiger charge is 2.24. The molecule has 1 aromatic rings. The first-order valence-electron chi connectivity index (χ1n) is 7.20. The summed E-state index contributed by atoms with van der Waals surface area (Å²) in [5.41, 5.74) is 1.43. The maximum Gasteiger partial charge on any atom is 0.0406 e. The van der Waals surface area contributed by atoms with Gasteiger partial charge in [-0.3, -0.25) is 4.90 Å². The Kier molecular flexibility index (Phi) is 5.08. The van der Waals surface area contributed by atoms with Crippen molar-refractivity contribution >= 4 is 11.6 Å². The topological polar surface area (TPSA) is 3.24 Å². The van der Waals surface area contributed by atoms with Crippen molar-refractivity contribution in [3.63, 3.8) is 0 Å². The molecule has 1 heterocycles. The lowest BCUT2D eigenvalue weighted by atomic mass is 9.94. The average Bonchev–Trinajstić information content (AvgIpc) is 2.37. The second kappa shape index (κ2) is 6.58. The van der Waals surface area contributed by atoms with E-state index >= 15 is 0 Å². The molecule has 0 spiro atoms. The van der Waals surface area contributed by atoms with E-state index in [-0.39, 0.29) is 0 Å². The van der Waals surface area contributed by atoms with Gasteiger partial charge in [0.15, 0.2) is 0 Å². The van der Waals surface area contributed by atoms with E-state index in [0.29, 0.717) is 6.04 Å². The molecule has 0 bridgehead atoms. The summed E-state index contributed by atoms with van der Waals surface area (Å²) in [6, 6.07) is 9.01. The predicted molar refractivity (Wildman–Crippen MR) is 79.1 cm³/mol. The number of hydrogen-bond donors (Lipinski definition) is 0. The molecule has 1 saturated heterocycles. The number of piperidine rings is 1. The molecule has 1 aromatic carbocycles. The van der Waals surface area contributed by atoms with E-state index < -0.39 is 0 Å². The van der Waals surface area contributed by atoms with Crippen molar-refractivity contribution in [1.29, 1.82) is 0 Å². The van der Waals surface area contributed by atoms with Crippen LogP contribution in [0.4, 0.5) is 0 Å². The van der Waals surface area contributed by atoms with E-state index in [4.69, 9.17) is 11.6 Å². The first-order valence-corrected chi connectivity index (χ1v) is 7.58. The van der Waals surface area contributed by atoms with Crippen LogP contribution in [0.2, 0.25) is 5.02 Å². The van der Waals surface area contributed by atoms with Crippen molar-refractivity contribution in [2.24, 2.45) is 5.92 Å². The summed E-state index contributed by atoms with van der Waals surface area (Å²) in [6.07, 6.45) is 5.21. The number of likely N-dealkylation sites (tertiary alicyclic amines) is 1. The van der Waals surface area contributed by atoms with Gasteiger partial charge in [0.05, 0.1) is 0 Å². The number of rotatable bonds is 4. The third kappa shape index (κ3) is 3.49. The van der Waals surface area contributed by atoms with Crippen LogP contribution in [0.15, 0.2) is 24.3 Å². The molecule has 1 aliphatic rings. The number of hydrogen-bond acceptors (Lipinski definition) is 1. The molecule has 0 saturated carbocycles. The summed E-state index contributed by atoms with van der Waals surface area (Å²) in [6.45, 7) is 7.14. The van der Waals surface area contributed by atoms with E-state index in [1.165, 1.54) is 44.3 Å². The Bertz CT molecular complexity index is 360. The first kappa shape index (κ1) is 13.9. The minimum atomic E-state index is 0.579. The minimum Gasteiger partial charge on any atom is -0.296 e. The zero-order valence-corrected chi connectivity index (χ0v) is 12.3. The maximum absolute atomic E-state index is 5.99. The fraction of sp³-hybridized carbons (Fsp3) is 0.625. The molecular weight excluding hydrogens is 242 g/mol. The van der Waals surface area contributed by atoms with Crippen LogP contribution >= 0.6 is 11.6 Å². The van der Waals surface area contributed by atoms with Gasteiger partial charge in [-0.25, -0.2) is 0 Å². The van der Waals surface area contributed by atoms with E-state index in [2.05, 4.69) is 30.9 Å². The lowest BCUT2D eigenvalue weighted by Crippen LogP contribution is -2.37. The van der Waals surface area contributed by atoms with Gasteiger partial charge in [0.25, 0.3) is 0 Å². The summed E-state index contributed by atoms with van der Waals surface area (Å²) in [4.78, 5) is 2.67. The van der Waals surface area contributed by atoms with Crippen molar-refractivity contribution in [3.8, 4) is 0 Å². The first-order chi connectivity index (χ1) is 8.70. The third-order valence-electron chi connectivity index (χ3n) is 3.95. The Hall–Kier alpha value is -0.530. The van der Waals surface area contributed by atoms with Crippen LogP contribution in [0.5, 0.6) is 0 Å². The van der Waals surface area contributed by atoms with Crippen molar-refractivity contribution in [2.75, 3.05) is 13.1 Å². The number of nitrogens with zero attached hydrogens (tertiary/aromatic N) is 1. The number of benzene rings is 1. The van der Waals surface area contributed by atoms with Gasteiger partial charge in [-0.2, -0.15) is 0 Å². The van der Waals surface area contributed by atoms with Gasteiger partial charge in [0.2, 0.25) is 0 Å². The lowest BCUT2D eigenvalue weighted by Gasteiger charge is -2.37. The Balaban J connectivity index is 2.13. The van der Waals surface area contributed by atoms with Crippen LogP contribution in [0.3, 0.4) is 0 Å². The molecule has 0 N–H and O–H groups in total. The monoisotopic (exact) mass is 265 g/mol. The lowest BCUT2D eigenvalue weighted by molar-refractivity contribution is 0.123. The molecule has 0 aromatic heterocycles. The van der Waals surface area contributed by atoms with Crippen LogP contribution in [-0.4, -0.2) is 18.0 Å². The zero-order valence-electron chi connectivity index (χ0n) is 11.5. The molecule has 100 valence electrons. The Morgan fingerprint density at radius 1 is 1.33 bits per heavy atom. The third-order valence-corrected chi connectivity index (χ3v) is 4.20. The van der Waals surface area contributed by atoms with Crippen molar-refractivity contribution in [1.82, 2.24) is 4.90 Å². The highest BCUT2D eigenvalue weighted by Crippen LogP contribution is 2.30. The van der Waals surface area contributed by atoms with Gasteiger partial charge >= 0.3 is 0 Å². The molecule has 1 nitrogen and oxygen atoms in total. The van der Waals surface area contributed by atoms with Crippen LogP contribution < -0.4 is 0 Å². The van der Waals surface area contributed by atoms with Gasteiger partial charge in [-0.1, -0.05) is 44.0 Å². The van der Waals surface area contributed by atoms with Crippen molar-refractivity contribution < 1.29 is 0 Å². The SMILES string of the molecule is CCCC(c1ccc(Cl)cc1)N1CCCC(C)C1. The Morgan fingerprint density at radius 2 is 2.06 bits per heavy atom. The average molecular weight is 266 g/mol. The summed E-state index contributed by atoms with van der Waals surface area (Å²) >= 11 is 5.99. The van der Waals surface area contributed by atoms with Crippen LogP contribution in [-0.2, 0) is 0 Å². The molecule has 1 aliphatic heterocycles. The fourth-order valence-electron chi connectivity index (χ4n) is 3.03. The van der Waals surface area contributed by atoms with Crippen molar-refractivity contribution in [2.45, 2.75) is 45.6 Å². The van der Waals surface area contributed by atoms with Crippen LogP contribution in [0, 0.1) is 5.92 Å². The molecule has 2 heteroatoms.